The molecule has 1 fully saturated rings. The molecule has 1 N–H and O–H groups in total. The molecular weight excluding hydrogens is 300 g/mol. The first kappa shape index (κ1) is 16.2. The number of nitrogens with one attached hydrogen (secondary N) is 1. The Labute approximate surface area is 142 Å². The third-order valence-electron chi connectivity index (χ3n) is 4.43. The molecule has 1 saturated heterocycles. The lowest BCUT2D eigenvalue weighted by molar-refractivity contribution is -0.117. The Bertz CT molecular complexity index is 727. The van der Waals surface area contributed by atoms with Gasteiger partial charge < -0.3 is 10.2 Å². The van der Waals surface area contributed by atoms with Crippen LogP contribution >= 0.6 is 0 Å². The van der Waals surface area contributed by atoms with Crippen molar-refractivity contribution in [2.24, 2.45) is 0 Å². The van der Waals surface area contributed by atoms with Gasteiger partial charge in [0.1, 0.15) is 0 Å². The molecule has 1 heterocycles. The first-order chi connectivity index (χ1) is 11.6. The lowest BCUT2D eigenvalue weighted by atomic mass is 10.0. The van der Waals surface area contributed by atoms with Crippen LogP contribution in [-0.4, -0.2) is 24.9 Å². The molecule has 124 valence electrons. The maximum absolute atomic E-state index is 12.4. The second-order valence-electron chi connectivity index (χ2n) is 6.22. The third kappa shape index (κ3) is 3.65. The molecule has 2 aromatic rings. The summed E-state index contributed by atoms with van der Waals surface area (Å²) in [5.41, 5.74) is 2.60. The summed E-state index contributed by atoms with van der Waals surface area (Å²) < 4.78 is 0. The summed E-state index contributed by atoms with van der Waals surface area (Å²) in [5, 5.41) is 2.98. The zero-order chi connectivity index (χ0) is 16.9. The molecule has 0 aliphatic carbocycles. The van der Waals surface area contributed by atoms with Gasteiger partial charge in [0.05, 0.1) is 0 Å². The van der Waals surface area contributed by atoms with E-state index >= 15 is 0 Å². The quantitative estimate of drug-likeness (QED) is 0.918. The van der Waals surface area contributed by atoms with E-state index in [0.29, 0.717) is 18.5 Å². The average Bonchev–Trinajstić information content (AvgIpc) is 3.06. The minimum Gasteiger partial charge on any atom is -0.351 e. The highest BCUT2D eigenvalue weighted by Gasteiger charge is 2.22. The second kappa shape index (κ2) is 7.30. The number of amides is 2. The van der Waals surface area contributed by atoms with Crippen LogP contribution in [0, 0.1) is 0 Å². The SMILES string of the molecule is CC(CNC(=O)c1cccc(N2CCCC2=O)c1)c1ccccc1. The van der Waals surface area contributed by atoms with Crippen LogP contribution < -0.4 is 10.2 Å². The van der Waals surface area contributed by atoms with Crippen molar-refractivity contribution in [1.82, 2.24) is 5.32 Å². The minimum atomic E-state index is -0.105. The van der Waals surface area contributed by atoms with Crippen molar-refractivity contribution < 1.29 is 9.59 Å². The molecule has 1 aliphatic heterocycles. The molecular formula is C20H22N2O2. The summed E-state index contributed by atoms with van der Waals surface area (Å²) in [7, 11) is 0. The predicted octanol–water partition coefficient (Wildman–Crippen LogP) is 3.35. The van der Waals surface area contributed by atoms with Crippen molar-refractivity contribution in [3.63, 3.8) is 0 Å². The molecule has 0 saturated carbocycles. The molecule has 2 aromatic carbocycles. The van der Waals surface area contributed by atoms with Crippen LogP contribution in [0.1, 0.15) is 41.6 Å². The van der Waals surface area contributed by atoms with Gasteiger partial charge >= 0.3 is 0 Å². The number of carbonyl (C=O) groups is 2. The summed E-state index contributed by atoms with van der Waals surface area (Å²) >= 11 is 0. The number of rotatable bonds is 5. The van der Waals surface area contributed by atoms with E-state index in [2.05, 4.69) is 24.4 Å². The van der Waals surface area contributed by atoms with Crippen molar-refractivity contribution in [2.75, 3.05) is 18.0 Å². The molecule has 0 aromatic heterocycles. The maximum atomic E-state index is 12.4. The molecule has 0 bridgehead atoms. The normalized spacial score (nSPS) is 15.4. The smallest absolute Gasteiger partial charge is 0.251 e. The molecule has 24 heavy (non-hydrogen) atoms. The number of hydrogen-bond donors (Lipinski definition) is 1. The number of hydrogen-bond acceptors (Lipinski definition) is 2. The number of nitrogens with zero attached hydrogens (tertiary/aromatic N) is 1. The average molecular weight is 322 g/mol. The van der Waals surface area contributed by atoms with Gasteiger partial charge in [-0.1, -0.05) is 43.3 Å². The van der Waals surface area contributed by atoms with Gasteiger partial charge in [-0.3, -0.25) is 9.59 Å². The molecule has 3 rings (SSSR count). The van der Waals surface area contributed by atoms with Crippen molar-refractivity contribution in [3.05, 3.63) is 65.7 Å². The van der Waals surface area contributed by atoms with E-state index in [0.717, 1.165) is 18.7 Å². The van der Waals surface area contributed by atoms with Crippen molar-refractivity contribution in [3.8, 4) is 0 Å². The lowest BCUT2D eigenvalue weighted by Crippen LogP contribution is -2.28. The van der Waals surface area contributed by atoms with Gasteiger partial charge in [-0.05, 0) is 36.1 Å². The monoisotopic (exact) mass is 322 g/mol. The zero-order valence-corrected chi connectivity index (χ0v) is 13.9. The van der Waals surface area contributed by atoms with Crippen molar-refractivity contribution >= 4 is 17.5 Å². The second-order valence-corrected chi connectivity index (χ2v) is 6.22. The van der Waals surface area contributed by atoms with Gasteiger partial charge in [0.2, 0.25) is 5.91 Å². The Kier molecular flexibility index (Phi) is 4.94. The largest absolute Gasteiger partial charge is 0.351 e. The van der Waals surface area contributed by atoms with Crippen LogP contribution in [0.4, 0.5) is 5.69 Å². The minimum absolute atomic E-state index is 0.105. The number of anilines is 1. The molecule has 0 radical (unpaired) electrons. The Morgan fingerprint density at radius 1 is 1.17 bits per heavy atom. The summed E-state index contributed by atoms with van der Waals surface area (Å²) in [6.45, 7) is 3.40. The highest BCUT2D eigenvalue weighted by molar-refractivity contribution is 5.99. The molecule has 1 aliphatic rings. The van der Waals surface area contributed by atoms with E-state index < -0.39 is 0 Å². The van der Waals surface area contributed by atoms with E-state index in [1.807, 2.05) is 30.3 Å². The summed E-state index contributed by atoms with van der Waals surface area (Å²) in [4.78, 5) is 26.0. The van der Waals surface area contributed by atoms with Crippen LogP contribution in [-0.2, 0) is 4.79 Å². The summed E-state index contributed by atoms with van der Waals surface area (Å²) in [5.74, 6) is 0.273. The van der Waals surface area contributed by atoms with Crippen LogP contribution in [0.5, 0.6) is 0 Å². The highest BCUT2D eigenvalue weighted by Crippen LogP contribution is 2.22. The summed E-state index contributed by atoms with van der Waals surface area (Å²) in [6, 6.07) is 17.4. The molecule has 1 unspecified atom stereocenters. The van der Waals surface area contributed by atoms with Crippen molar-refractivity contribution in [1.29, 1.82) is 0 Å². The first-order valence-corrected chi connectivity index (χ1v) is 8.39. The highest BCUT2D eigenvalue weighted by atomic mass is 16.2. The van der Waals surface area contributed by atoms with E-state index in [9.17, 15) is 9.59 Å². The Hall–Kier alpha value is -2.62. The molecule has 2 amide bonds. The van der Waals surface area contributed by atoms with Gasteiger partial charge in [-0.25, -0.2) is 0 Å². The summed E-state index contributed by atoms with van der Waals surface area (Å²) in [6.07, 6.45) is 1.47. The van der Waals surface area contributed by atoms with Crippen LogP contribution in [0.25, 0.3) is 0 Å². The Morgan fingerprint density at radius 3 is 2.67 bits per heavy atom. The fourth-order valence-corrected chi connectivity index (χ4v) is 2.98. The van der Waals surface area contributed by atoms with Gasteiger partial charge in [0, 0.05) is 30.8 Å². The maximum Gasteiger partial charge on any atom is 0.251 e. The van der Waals surface area contributed by atoms with Gasteiger partial charge in [0.15, 0.2) is 0 Å². The molecule has 0 spiro atoms. The molecule has 4 heteroatoms. The van der Waals surface area contributed by atoms with E-state index in [1.165, 1.54) is 5.56 Å². The van der Waals surface area contributed by atoms with Crippen LogP contribution in [0.2, 0.25) is 0 Å². The predicted molar refractivity (Wildman–Crippen MR) is 95.2 cm³/mol. The standard InChI is InChI=1S/C20H22N2O2/c1-15(16-7-3-2-4-8-16)14-21-20(24)17-9-5-10-18(13-17)22-12-6-11-19(22)23/h2-5,7-10,13,15H,6,11-12,14H2,1H3,(H,21,24). The fourth-order valence-electron chi connectivity index (χ4n) is 2.98. The lowest BCUT2D eigenvalue weighted by Gasteiger charge is -2.17. The van der Waals surface area contributed by atoms with Crippen LogP contribution in [0.15, 0.2) is 54.6 Å². The number of benzene rings is 2. The van der Waals surface area contributed by atoms with E-state index in [-0.39, 0.29) is 17.7 Å². The zero-order valence-electron chi connectivity index (χ0n) is 13.9. The first-order valence-electron chi connectivity index (χ1n) is 8.39. The fraction of sp³-hybridized carbons (Fsp3) is 0.300. The third-order valence-corrected chi connectivity index (χ3v) is 4.43. The molecule has 4 nitrogen and oxygen atoms in total. The van der Waals surface area contributed by atoms with Crippen molar-refractivity contribution in [2.45, 2.75) is 25.7 Å². The van der Waals surface area contributed by atoms with E-state index in [1.54, 1.807) is 17.0 Å². The number of carbonyl (C=O) groups excluding carboxylic acids is 2. The Balaban J connectivity index is 1.64. The topological polar surface area (TPSA) is 49.4 Å². The molecule has 1 atom stereocenters. The Morgan fingerprint density at radius 2 is 1.96 bits per heavy atom. The van der Waals surface area contributed by atoms with Gasteiger partial charge in [0.25, 0.3) is 5.91 Å². The van der Waals surface area contributed by atoms with Crippen LogP contribution in [0.3, 0.4) is 0 Å². The van der Waals surface area contributed by atoms with Gasteiger partial charge in [-0.2, -0.15) is 0 Å². The van der Waals surface area contributed by atoms with Gasteiger partial charge in [-0.15, -0.1) is 0 Å². The van der Waals surface area contributed by atoms with E-state index in [4.69, 9.17) is 0 Å².